The van der Waals surface area contributed by atoms with E-state index in [1.807, 2.05) is 42.0 Å². The Morgan fingerprint density at radius 3 is 2.81 bits per heavy atom. The minimum absolute atomic E-state index is 0.144. The molecule has 2 aromatic rings. The van der Waals surface area contributed by atoms with E-state index in [-0.39, 0.29) is 5.91 Å². The van der Waals surface area contributed by atoms with Crippen molar-refractivity contribution in [2.45, 2.75) is 44.7 Å². The molecule has 0 N–H and O–H groups in total. The number of hydrogen-bond donors (Lipinski definition) is 0. The highest BCUT2D eigenvalue weighted by Crippen LogP contribution is 2.38. The maximum Gasteiger partial charge on any atom is 0.270 e. The third-order valence-corrected chi connectivity index (χ3v) is 6.13. The Hall–Kier alpha value is -2.08. The van der Waals surface area contributed by atoms with Gasteiger partial charge in [0.1, 0.15) is 5.69 Å². The van der Waals surface area contributed by atoms with E-state index in [2.05, 4.69) is 33.9 Å². The number of nitrogens with zero attached hydrogens (tertiary/aromatic N) is 5. The third kappa shape index (κ3) is 3.68. The molecule has 146 valence electrons. The maximum absolute atomic E-state index is 13.1. The highest BCUT2D eigenvalue weighted by atomic mass is 16.2. The number of piperidine rings is 1. The van der Waals surface area contributed by atoms with Crippen LogP contribution in [-0.2, 0) is 7.05 Å². The lowest BCUT2D eigenvalue weighted by Crippen LogP contribution is -2.44. The molecule has 2 fully saturated rings. The van der Waals surface area contributed by atoms with Crippen LogP contribution in [0.3, 0.4) is 0 Å². The first-order valence-electron chi connectivity index (χ1n) is 10.2. The van der Waals surface area contributed by atoms with E-state index >= 15 is 0 Å². The summed E-state index contributed by atoms with van der Waals surface area (Å²) < 4.78 is 4.04. The lowest BCUT2D eigenvalue weighted by Gasteiger charge is -2.42. The topological polar surface area (TPSA) is 46.3 Å². The van der Waals surface area contributed by atoms with Gasteiger partial charge in [-0.05, 0) is 56.8 Å². The first-order chi connectivity index (χ1) is 13.1. The summed E-state index contributed by atoms with van der Waals surface area (Å²) in [6.45, 7) is 5.15. The second-order valence-corrected chi connectivity index (χ2v) is 8.14. The van der Waals surface area contributed by atoms with Crippen LogP contribution in [0.25, 0.3) is 0 Å². The molecule has 6 nitrogen and oxygen atoms in total. The number of amides is 1. The van der Waals surface area contributed by atoms with Gasteiger partial charge in [-0.25, -0.2) is 0 Å². The van der Waals surface area contributed by atoms with Gasteiger partial charge in [0, 0.05) is 50.7 Å². The quantitative estimate of drug-likeness (QED) is 0.786. The van der Waals surface area contributed by atoms with Gasteiger partial charge >= 0.3 is 0 Å². The zero-order chi connectivity index (χ0) is 19.0. The molecular formula is C21H31N5O. The van der Waals surface area contributed by atoms with Gasteiger partial charge in [-0.2, -0.15) is 5.10 Å². The van der Waals surface area contributed by atoms with Gasteiger partial charge in [-0.3, -0.25) is 14.4 Å². The van der Waals surface area contributed by atoms with Crippen LogP contribution in [0.15, 0.2) is 30.7 Å². The predicted octanol–water partition coefficient (Wildman–Crippen LogP) is 3.10. The summed E-state index contributed by atoms with van der Waals surface area (Å²) in [6.07, 6.45) is 10.9. The second-order valence-electron chi connectivity index (χ2n) is 8.14. The fourth-order valence-electron chi connectivity index (χ4n) is 4.65. The molecule has 1 saturated heterocycles. The van der Waals surface area contributed by atoms with Gasteiger partial charge in [0.15, 0.2) is 0 Å². The third-order valence-electron chi connectivity index (χ3n) is 6.13. The molecule has 2 aromatic heterocycles. The highest BCUT2D eigenvalue weighted by Gasteiger charge is 2.35. The van der Waals surface area contributed by atoms with Gasteiger partial charge in [0.05, 0.1) is 6.20 Å². The van der Waals surface area contributed by atoms with Crippen molar-refractivity contribution in [2.75, 3.05) is 26.7 Å². The van der Waals surface area contributed by atoms with Crippen LogP contribution in [-0.4, -0.2) is 56.7 Å². The number of aryl methyl sites for hydroxylation is 1. The molecular weight excluding hydrogens is 338 g/mol. The van der Waals surface area contributed by atoms with Crippen molar-refractivity contribution in [1.82, 2.24) is 24.1 Å². The van der Waals surface area contributed by atoms with Crippen molar-refractivity contribution in [3.8, 4) is 0 Å². The Morgan fingerprint density at radius 1 is 1.33 bits per heavy atom. The fraction of sp³-hybridized carbons (Fsp3) is 0.619. The zero-order valence-electron chi connectivity index (χ0n) is 16.7. The van der Waals surface area contributed by atoms with Gasteiger partial charge in [0.25, 0.3) is 5.91 Å². The number of rotatable bonds is 6. The van der Waals surface area contributed by atoms with Crippen LogP contribution in [0.1, 0.15) is 60.7 Å². The average molecular weight is 370 g/mol. The number of aromatic nitrogens is 3. The Balaban J connectivity index is 1.51. The summed E-state index contributed by atoms with van der Waals surface area (Å²) in [7, 11) is 3.93. The smallest absolute Gasteiger partial charge is 0.270 e. The van der Waals surface area contributed by atoms with E-state index < -0.39 is 0 Å². The fourth-order valence-corrected chi connectivity index (χ4v) is 4.65. The Labute approximate surface area is 161 Å². The number of hydrogen-bond acceptors (Lipinski definition) is 3. The van der Waals surface area contributed by atoms with Crippen molar-refractivity contribution in [3.63, 3.8) is 0 Å². The van der Waals surface area contributed by atoms with Gasteiger partial charge in [-0.15, -0.1) is 0 Å². The standard InChI is InChI=1S/C21H31N5O/c1-4-25-11-5-7-16(20(25)17-13-22-24(3)15-17)14-23(2)21(27)19-8-6-12-26(19)18-9-10-18/h6,8,12-13,15-16,18,20H,4-5,7,9-11,14H2,1-3H3/t16-,20+/m0/s1. The minimum Gasteiger partial charge on any atom is -0.340 e. The number of carbonyl (C=O) groups is 1. The van der Waals surface area contributed by atoms with Crippen molar-refractivity contribution >= 4 is 5.91 Å². The van der Waals surface area contributed by atoms with E-state index in [1.54, 1.807) is 0 Å². The molecule has 4 rings (SSSR count). The second kappa shape index (κ2) is 7.50. The van der Waals surface area contributed by atoms with Gasteiger partial charge in [-0.1, -0.05) is 6.92 Å². The van der Waals surface area contributed by atoms with E-state index in [1.165, 1.54) is 24.8 Å². The molecule has 3 heterocycles. The van der Waals surface area contributed by atoms with E-state index in [9.17, 15) is 4.79 Å². The minimum atomic E-state index is 0.144. The van der Waals surface area contributed by atoms with Crippen LogP contribution >= 0.6 is 0 Å². The van der Waals surface area contributed by atoms with E-state index in [0.29, 0.717) is 18.0 Å². The monoisotopic (exact) mass is 369 g/mol. The van der Waals surface area contributed by atoms with Gasteiger partial charge < -0.3 is 9.47 Å². The largest absolute Gasteiger partial charge is 0.340 e. The highest BCUT2D eigenvalue weighted by molar-refractivity contribution is 5.92. The molecule has 1 aliphatic heterocycles. The van der Waals surface area contributed by atoms with Crippen molar-refractivity contribution < 1.29 is 4.79 Å². The molecule has 27 heavy (non-hydrogen) atoms. The van der Waals surface area contributed by atoms with Crippen molar-refractivity contribution in [2.24, 2.45) is 13.0 Å². The summed E-state index contributed by atoms with van der Waals surface area (Å²) in [6, 6.07) is 4.83. The lowest BCUT2D eigenvalue weighted by atomic mass is 9.85. The van der Waals surface area contributed by atoms with Crippen LogP contribution < -0.4 is 0 Å². The number of carbonyl (C=O) groups excluding carboxylic acids is 1. The molecule has 0 spiro atoms. The molecule has 2 atom stereocenters. The Bertz CT molecular complexity index is 790. The summed E-state index contributed by atoms with van der Waals surface area (Å²) in [5, 5.41) is 4.39. The molecule has 2 aliphatic rings. The predicted molar refractivity (Wildman–Crippen MR) is 106 cm³/mol. The van der Waals surface area contributed by atoms with Gasteiger partial charge in [0.2, 0.25) is 0 Å². The molecule has 0 radical (unpaired) electrons. The SMILES string of the molecule is CCN1CCC[C@@H](CN(C)C(=O)c2cccn2C2CC2)[C@@H]1c1cnn(C)c1. The van der Waals surface area contributed by atoms with Crippen LogP contribution in [0, 0.1) is 5.92 Å². The summed E-state index contributed by atoms with van der Waals surface area (Å²) >= 11 is 0. The first kappa shape index (κ1) is 18.3. The lowest BCUT2D eigenvalue weighted by molar-refractivity contribution is 0.0581. The number of likely N-dealkylation sites (tertiary alicyclic amines) is 1. The van der Waals surface area contributed by atoms with E-state index in [4.69, 9.17) is 0 Å². The molecule has 0 unspecified atom stereocenters. The molecule has 0 aromatic carbocycles. The Kier molecular flexibility index (Phi) is 5.08. The molecule has 1 aliphatic carbocycles. The van der Waals surface area contributed by atoms with Crippen molar-refractivity contribution in [1.29, 1.82) is 0 Å². The van der Waals surface area contributed by atoms with Crippen LogP contribution in [0.4, 0.5) is 0 Å². The van der Waals surface area contributed by atoms with Crippen molar-refractivity contribution in [3.05, 3.63) is 42.0 Å². The summed E-state index contributed by atoms with van der Waals surface area (Å²) in [5.41, 5.74) is 2.10. The summed E-state index contributed by atoms with van der Waals surface area (Å²) in [5.74, 6) is 0.576. The molecule has 1 amide bonds. The Morgan fingerprint density at radius 2 is 2.15 bits per heavy atom. The normalized spacial score (nSPS) is 23.5. The van der Waals surface area contributed by atoms with E-state index in [0.717, 1.165) is 31.7 Å². The van der Waals surface area contributed by atoms with Crippen LogP contribution in [0.5, 0.6) is 0 Å². The average Bonchev–Trinajstić information content (AvgIpc) is 3.24. The van der Waals surface area contributed by atoms with Crippen LogP contribution in [0.2, 0.25) is 0 Å². The molecule has 1 saturated carbocycles. The molecule has 6 heteroatoms. The first-order valence-corrected chi connectivity index (χ1v) is 10.2. The molecule has 0 bridgehead atoms. The maximum atomic E-state index is 13.1. The summed E-state index contributed by atoms with van der Waals surface area (Å²) in [4.78, 5) is 17.6. The zero-order valence-corrected chi connectivity index (χ0v) is 16.7.